The lowest BCUT2D eigenvalue weighted by Crippen LogP contribution is -2.34. The highest BCUT2D eigenvalue weighted by Crippen LogP contribution is 2.48. The van der Waals surface area contributed by atoms with Gasteiger partial charge in [0.15, 0.2) is 0 Å². The molecule has 1 aromatic rings. The van der Waals surface area contributed by atoms with E-state index in [1.165, 1.54) is 69.7 Å². The molecule has 120 valence electrons. The summed E-state index contributed by atoms with van der Waals surface area (Å²) in [4.78, 5) is 0. The SMILES string of the molecule is c1ccc(COCCCCCB2C3CCCC2CCC3)cc1. The van der Waals surface area contributed by atoms with Gasteiger partial charge in [-0.25, -0.2) is 0 Å². The van der Waals surface area contributed by atoms with Crippen molar-refractivity contribution in [3.8, 4) is 0 Å². The first-order valence-corrected chi connectivity index (χ1v) is 9.55. The molecule has 2 heterocycles. The van der Waals surface area contributed by atoms with Crippen LogP contribution in [-0.2, 0) is 11.3 Å². The Morgan fingerprint density at radius 2 is 1.55 bits per heavy atom. The predicted octanol–water partition coefficient (Wildman–Crippen LogP) is 5.98. The van der Waals surface area contributed by atoms with Crippen LogP contribution in [0.4, 0.5) is 0 Å². The highest BCUT2D eigenvalue weighted by molar-refractivity contribution is 6.62. The van der Waals surface area contributed by atoms with Crippen molar-refractivity contribution in [2.45, 2.75) is 82.3 Å². The van der Waals surface area contributed by atoms with Gasteiger partial charge in [-0.05, 0) is 12.0 Å². The number of fused-ring (bicyclic) bond motifs is 2. The van der Waals surface area contributed by atoms with Gasteiger partial charge in [0, 0.05) is 6.61 Å². The van der Waals surface area contributed by atoms with E-state index in [0.29, 0.717) is 0 Å². The zero-order valence-corrected chi connectivity index (χ0v) is 14.0. The van der Waals surface area contributed by atoms with Crippen molar-refractivity contribution in [2.75, 3.05) is 6.61 Å². The van der Waals surface area contributed by atoms with Gasteiger partial charge >= 0.3 is 0 Å². The normalized spacial score (nSPS) is 24.5. The first-order valence-electron chi connectivity index (χ1n) is 9.55. The molecule has 0 saturated carbocycles. The molecular weight excluding hydrogens is 267 g/mol. The fourth-order valence-electron chi connectivity index (χ4n) is 4.81. The van der Waals surface area contributed by atoms with Crippen LogP contribution < -0.4 is 0 Å². The monoisotopic (exact) mass is 298 g/mol. The van der Waals surface area contributed by atoms with Gasteiger partial charge in [0.2, 0.25) is 0 Å². The molecule has 0 amide bonds. The average molecular weight is 298 g/mol. The Hall–Kier alpha value is -0.755. The standard InChI is InChI=1S/C20H31BO/c1-3-9-18(10-4-1)17-22-16-6-2-5-15-21-19-11-7-12-20(21)14-8-13-19/h1,3-4,9-10,19-20H,2,5-8,11-17H2. The summed E-state index contributed by atoms with van der Waals surface area (Å²) in [6.45, 7) is 2.77. The van der Waals surface area contributed by atoms with Gasteiger partial charge in [0.05, 0.1) is 6.61 Å². The maximum absolute atomic E-state index is 5.79. The van der Waals surface area contributed by atoms with Crippen LogP contribution in [0.15, 0.2) is 30.3 Å². The van der Waals surface area contributed by atoms with Crippen LogP contribution >= 0.6 is 0 Å². The smallest absolute Gasteiger partial charge is 0.146 e. The Kier molecular flexibility index (Phi) is 6.42. The molecule has 0 spiro atoms. The molecule has 2 heteroatoms. The van der Waals surface area contributed by atoms with E-state index in [0.717, 1.165) is 31.6 Å². The summed E-state index contributed by atoms with van der Waals surface area (Å²) in [5, 5.41) is 0. The van der Waals surface area contributed by atoms with Gasteiger partial charge in [-0.3, -0.25) is 0 Å². The number of hydrogen-bond acceptors (Lipinski definition) is 1. The maximum Gasteiger partial charge on any atom is 0.146 e. The van der Waals surface area contributed by atoms with E-state index in [9.17, 15) is 0 Å². The summed E-state index contributed by atoms with van der Waals surface area (Å²) in [7, 11) is 0. The summed E-state index contributed by atoms with van der Waals surface area (Å²) in [6, 6.07) is 10.5. The van der Waals surface area contributed by atoms with E-state index in [1.807, 2.05) is 0 Å². The molecule has 3 rings (SSSR count). The second-order valence-electron chi connectivity index (χ2n) is 7.43. The highest BCUT2D eigenvalue weighted by atomic mass is 16.5. The Morgan fingerprint density at radius 3 is 2.23 bits per heavy atom. The molecule has 2 fully saturated rings. The van der Waals surface area contributed by atoms with Gasteiger partial charge in [-0.15, -0.1) is 0 Å². The molecular formula is C20H31BO. The van der Waals surface area contributed by atoms with Crippen molar-refractivity contribution >= 4 is 6.71 Å². The number of rotatable bonds is 8. The van der Waals surface area contributed by atoms with E-state index >= 15 is 0 Å². The third kappa shape index (κ3) is 4.62. The second kappa shape index (κ2) is 8.77. The van der Waals surface area contributed by atoms with E-state index in [1.54, 1.807) is 0 Å². The third-order valence-electron chi connectivity index (χ3n) is 5.95. The molecule has 0 aliphatic carbocycles. The lowest BCUT2D eigenvalue weighted by molar-refractivity contribution is 0.117. The molecule has 1 nitrogen and oxygen atoms in total. The van der Waals surface area contributed by atoms with Crippen LogP contribution in [0.5, 0.6) is 0 Å². The van der Waals surface area contributed by atoms with E-state index in [-0.39, 0.29) is 0 Å². The van der Waals surface area contributed by atoms with Gasteiger partial charge in [0.1, 0.15) is 6.71 Å². The molecule has 1 aromatic carbocycles. The fraction of sp³-hybridized carbons (Fsp3) is 0.700. The van der Waals surface area contributed by atoms with Crippen LogP contribution in [0.25, 0.3) is 0 Å². The van der Waals surface area contributed by atoms with Crippen LogP contribution in [0.3, 0.4) is 0 Å². The molecule has 22 heavy (non-hydrogen) atoms. The summed E-state index contributed by atoms with van der Waals surface area (Å²) in [5.41, 5.74) is 1.29. The Labute approximate surface area is 136 Å². The van der Waals surface area contributed by atoms with Crippen molar-refractivity contribution in [3.63, 3.8) is 0 Å². The van der Waals surface area contributed by atoms with Crippen molar-refractivity contribution in [1.82, 2.24) is 0 Å². The van der Waals surface area contributed by atoms with E-state index in [2.05, 4.69) is 30.3 Å². The van der Waals surface area contributed by atoms with Gasteiger partial charge < -0.3 is 4.74 Å². The molecule has 0 radical (unpaired) electrons. The van der Waals surface area contributed by atoms with Gasteiger partial charge in [-0.2, -0.15) is 0 Å². The van der Waals surface area contributed by atoms with Crippen LogP contribution in [0.1, 0.15) is 63.4 Å². The Bertz CT molecular complexity index is 397. The average Bonchev–Trinajstić information content (AvgIpc) is 2.54. The lowest BCUT2D eigenvalue weighted by atomic mass is 9.26. The van der Waals surface area contributed by atoms with Crippen molar-refractivity contribution in [3.05, 3.63) is 35.9 Å². The van der Waals surface area contributed by atoms with Crippen molar-refractivity contribution in [2.24, 2.45) is 0 Å². The molecule has 2 aliphatic heterocycles. The summed E-state index contributed by atoms with van der Waals surface area (Å²) < 4.78 is 5.79. The summed E-state index contributed by atoms with van der Waals surface area (Å²) in [5.74, 6) is 2.17. The summed E-state index contributed by atoms with van der Waals surface area (Å²) >= 11 is 0. The van der Waals surface area contributed by atoms with Crippen LogP contribution in [-0.4, -0.2) is 13.3 Å². The zero-order chi connectivity index (χ0) is 15.0. The minimum absolute atomic E-state index is 0.771. The number of ether oxygens (including phenoxy) is 1. The van der Waals surface area contributed by atoms with E-state index < -0.39 is 0 Å². The zero-order valence-electron chi connectivity index (χ0n) is 14.0. The fourth-order valence-corrected chi connectivity index (χ4v) is 4.81. The minimum atomic E-state index is 0.771. The molecule has 2 bridgehead atoms. The first kappa shape index (κ1) is 16.1. The molecule has 2 aliphatic rings. The molecule has 2 saturated heterocycles. The van der Waals surface area contributed by atoms with Crippen molar-refractivity contribution < 1.29 is 4.74 Å². The maximum atomic E-state index is 5.79. The van der Waals surface area contributed by atoms with Gasteiger partial charge in [0.25, 0.3) is 0 Å². The topological polar surface area (TPSA) is 9.23 Å². The molecule has 0 atom stereocenters. The number of unbranched alkanes of at least 4 members (excludes halogenated alkanes) is 2. The van der Waals surface area contributed by atoms with Crippen LogP contribution in [0, 0.1) is 0 Å². The van der Waals surface area contributed by atoms with Gasteiger partial charge in [-0.1, -0.05) is 99.7 Å². The lowest BCUT2D eigenvalue weighted by Gasteiger charge is -2.40. The molecule has 0 N–H and O–H groups in total. The number of hydrogen-bond donors (Lipinski definition) is 0. The third-order valence-corrected chi connectivity index (χ3v) is 5.95. The quantitative estimate of drug-likeness (QED) is 0.424. The number of benzene rings is 1. The minimum Gasteiger partial charge on any atom is -0.377 e. The highest BCUT2D eigenvalue weighted by Gasteiger charge is 2.37. The van der Waals surface area contributed by atoms with Crippen molar-refractivity contribution in [1.29, 1.82) is 0 Å². The Balaban J connectivity index is 1.25. The molecule has 0 unspecified atom stereocenters. The molecule has 0 aromatic heterocycles. The first-order chi connectivity index (χ1) is 10.9. The largest absolute Gasteiger partial charge is 0.377 e. The summed E-state index contributed by atoms with van der Waals surface area (Å²) in [6.07, 6.45) is 14.6. The van der Waals surface area contributed by atoms with Crippen LogP contribution in [0.2, 0.25) is 18.0 Å². The second-order valence-corrected chi connectivity index (χ2v) is 7.43. The predicted molar refractivity (Wildman–Crippen MR) is 95.7 cm³/mol. The Morgan fingerprint density at radius 1 is 0.864 bits per heavy atom. The van der Waals surface area contributed by atoms with E-state index in [4.69, 9.17) is 4.74 Å².